The van der Waals surface area contributed by atoms with Gasteiger partial charge in [0.25, 0.3) is 0 Å². The van der Waals surface area contributed by atoms with Crippen molar-refractivity contribution in [2.45, 2.75) is 32.3 Å². The molecule has 0 N–H and O–H groups in total. The predicted molar refractivity (Wildman–Crippen MR) is 77.4 cm³/mol. The lowest BCUT2D eigenvalue weighted by Gasteiger charge is -2.23. The minimum Gasteiger partial charge on any atom is -0.390 e. The van der Waals surface area contributed by atoms with E-state index in [2.05, 4.69) is 5.16 Å². The highest BCUT2D eigenvalue weighted by atomic mass is 19.1. The van der Waals surface area contributed by atoms with Gasteiger partial charge >= 0.3 is 0 Å². The normalized spacial score (nSPS) is 20.9. The molecule has 1 aromatic rings. The van der Waals surface area contributed by atoms with Crippen molar-refractivity contribution in [2.24, 2.45) is 11.1 Å². The first-order valence-corrected chi connectivity index (χ1v) is 7.44. The summed E-state index contributed by atoms with van der Waals surface area (Å²) >= 11 is 0. The Morgan fingerprint density at radius 2 is 2.29 bits per heavy atom. The fraction of sp³-hybridized carbons (Fsp3) is 0.500. The van der Waals surface area contributed by atoms with Gasteiger partial charge in [0.05, 0.1) is 12.3 Å². The van der Waals surface area contributed by atoms with E-state index in [1.54, 1.807) is 6.07 Å². The Labute approximate surface area is 123 Å². The van der Waals surface area contributed by atoms with Crippen LogP contribution in [0.4, 0.5) is 4.39 Å². The first-order chi connectivity index (χ1) is 10.2. The van der Waals surface area contributed by atoms with Gasteiger partial charge in [-0.2, -0.15) is 0 Å². The van der Waals surface area contributed by atoms with Crippen molar-refractivity contribution in [1.29, 1.82) is 0 Å². The minimum atomic E-state index is -0.280. The molecule has 1 heterocycles. The van der Waals surface area contributed by atoms with Crippen LogP contribution in [0, 0.1) is 11.7 Å². The average molecular weight is 290 g/mol. The molecule has 112 valence electrons. The van der Waals surface area contributed by atoms with Crippen molar-refractivity contribution in [1.82, 2.24) is 4.90 Å². The van der Waals surface area contributed by atoms with Crippen LogP contribution in [0.2, 0.25) is 0 Å². The summed E-state index contributed by atoms with van der Waals surface area (Å²) in [5.41, 5.74) is 1.49. The molecule has 1 aromatic carbocycles. The van der Waals surface area contributed by atoms with Crippen LogP contribution in [-0.4, -0.2) is 35.7 Å². The molecule has 1 fully saturated rings. The van der Waals surface area contributed by atoms with E-state index in [1.165, 1.54) is 12.1 Å². The Morgan fingerprint density at radius 1 is 1.48 bits per heavy atom. The SMILES string of the molecule is CCN(C[C@H]1CC(c2cccc(F)c2)=NO1)C(=O)C1CC1. The van der Waals surface area contributed by atoms with E-state index in [-0.39, 0.29) is 23.7 Å². The number of oxime groups is 1. The van der Waals surface area contributed by atoms with Gasteiger partial charge in [0.15, 0.2) is 6.10 Å². The number of carbonyl (C=O) groups is 1. The molecular formula is C16H19FN2O2. The van der Waals surface area contributed by atoms with E-state index in [0.717, 1.165) is 24.1 Å². The van der Waals surface area contributed by atoms with Crippen LogP contribution < -0.4 is 0 Å². The smallest absolute Gasteiger partial charge is 0.225 e. The summed E-state index contributed by atoms with van der Waals surface area (Å²) in [7, 11) is 0. The molecule has 5 heteroatoms. The van der Waals surface area contributed by atoms with E-state index in [4.69, 9.17) is 4.84 Å². The number of amides is 1. The van der Waals surface area contributed by atoms with E-state index in [9.17, 15) is 9.18 Å². The van der Waals surface area contributed by atoms with Gasteiger partial charge in [-0.25, -0.2) is 4.39 Å². The van der Waals surface area contributed by atoms with Crippen LogP contribution in [0.15, 0.2) is 29.4 Å². The summed E-state index contributed by atoms with van der Waals surface area (Å²) in [6.45, 7) is 3.21. The minimum absolute atomic E-state index is 0.133. The molecule has 0 saturated heterocycles. The number of benzene rings is 1. The van der Waals surface area contributed by atoms with Crippen LogP contribution in [0.25, 0.3) is 0 Å². The van der Waals surface area contributed by atoms with Gasteiger partial charge in [-0.15, -0.1) is 0 Å². The zero-order valence-electron chi connectivity index (χ0n) is 12.1. The number of nitrogens with zero attached hydrogens (tertiary/aromatic N) is 2. The zero-order chi connectivity index (χ0) is 14.8. The van der Waals surface area contributed by atoms with E-state index in [1.807, 2.05) is 17.9 Å². The molecule has 21 heavy (non-hydrogen) atoms. The summed E-state index contributed by atoms with van der Waals surface area (Å²) in [5, 5.41) is 4.05. The van der Waals surface area contributed by atoms with Crippen LogP contribution in [0.1, 0.15) is 31.7 Å². The maximum atomic E-state index is 13.2. The van der Waals surface area contributed by atoms with Gasteiger partial charge in [-0.1, -0.05) is 17.3 Å². The number of likely N-dealkylation sites (N-methyl/N-ethyl adjacent to an activating group) is 1. The lowest BCUT2D eigenvalue weighted by molar-refractivity contribution is -0.134. The highest BCUT2D eigenvalue weighted by Crippen LogP contribution is 2.31. The van der Waals surface area contributed by atoms with Gasteiger partial charge < -0.3 is 9.74 Å². The topological polar surface area (TPSA) is 41.9 Å². The van der Waals surface area contributed by atoms with Gasteiger partial charge in [0.1, 0.15) is 5.82 Å². The zero-order valence-corrected chi connectivity index (χ0v) is 12.1. The van der Waals surface area contributed by atoms with Crippen molar-refractivity contribution < 1.29 is 14.0 Å². The number of rotatable bonds is 5. The molecule has 0 unspecified atom stereocenters. The molecule has 1 atom stereocenters. The fourth-order valence-corrected chi connectivity index (χ4v) is 2.57. The second-order valence-electron chi connectivity index (χ2n) is 5.63. The molecule has 2 aliphatic rings. The van der Waals surface area contributed by atoms with Gasteiger partial charge in [0.2, 0.25) is 5.91 Å². The largest absolute Gasteiger partial charge is 0.390 e. The maximum absolute atomic E-state index is 13.2. The lowest BCUT2D eigenvalue weighted by atomic mass is 10.0. The average Bonchev–Trinajstić information content (AvgIpc) is 3.23. The van der Waals surface area contributed by atoms with Crippen LogP contribution in [0.5, 0.6) is 0 Å². The number of hydrogen-bond donors (Lipinski definition) is 0. The van der Waals surface area contributed by atoms with Gasteiger partial charge in [-0.3, -0.25) is 4.79 Å². The van der Waals surface area contributed by atoms with Crippen molar-refractivity contribution in [3.8, 4) is 0 Å². The summed E-state index contributed by atoms with van der Waals surface area (Å²) in [5.74, 6) is 0.160. The number of carbonyl (C=O) groups excluding carboxylic acids is 1. The van der Waals surface area contributed by atoms with Gasteiger partial charge in [-0.05, 0) is 31.9 Å². The Kier molecular flexibility index (Phi) is 3.90. The molecule has 1 aliphatic heterocycles. The van der Waals surface area contributed by atoms with E-state index < -0.39 is 0 Å². The van der Waals surface area contributed by atoms with Crippen LogP contribution in [-0.2, 0) is 9.63 Å². The van der Waals surface area contributed by atoms with E-state index in [0.29, 0.717) is 19.5 Å². The summed E-state index contributed by atoms with van der Waals surface area (Å²) < 4.78 is 13.2. The Morgan fingerprint density at radius 3 is 2.95 bits per heavy atom. The number of halogens is 1. The molecular weight excluding hydrogens is 271 g/mol. The molecule has 1 aliphatic carbocycles. The Balaban J connectivity index is 1.59. The molecule has 4 nitrogen and oxygen atoms in total. The third-order valence-electron chi connectivity index (χ3n) is 3.93. The highest BCUT2D eigenvalue weighted by Gasteiger charge is 2.35. The predicted octanol–water partition coefficient (Wildman–Crippen LogP) is 2.58. The van der Waals surface area contributed by atoms with Crippen molar-refractivity contribution in [3.05, 3.63) is 35.6 Å². The molecule has 3 rings (SSSR count). The molecule has 0 bridgehead atoms. The van der Waals surface area contributed by atoms with E-state index >= 15 is 0 Å². The second-order valence-corrected chi connectivity index (χ2v) is 5.63. The third-order valence-corrected chi connectivity index (χ3v) is 3.93. The number of hydrogen-bond acceptors (Lipinski definition) is 3. The second kappa shape index (κ2) is 5.84. The molecule has 0 spiro atoms. The monoisotopic (exact) mass is 290 g/mol. The molecule has 1 amide bonds. The standard InChI is InChI=1S/C16H19FN2O2/c1-2-19(16(20)11-6-7-11)10-14-9-15(18-21-14)12-4-3-5-13(17)8-12/h3-5,8,11,14H,2,6-7,9-10H2,1H3/t14-/m1/s1. The molecule has 1 saturated carbocycles. The third kappa shape index (κ3) is 3.23. The van der Waals surface area contributed by atoms with Crippen molar-refractivity contribution in [3.63, 3.8) is 0 Å². The Hall–Kier alpha value is -1.91. The van der Waals surface area contributed by atoms with Crippen molar-refractivity contribution in [2.75, 3.05) is 13.1 Å². The highest BCUT2D eigenvalue weighted by molar-refractivity contribution is 6.01. The van der Waals surface area contributed by atoms with Crippen molar-refractivity contribution >= 4 is 11.6 Å². The fourth-order valence-electron chi connectivity index (χ4n) is 2.57. The first-order valence-electron chi connectivity index (χ1n) is 7.44. The molecule has 0 radical (unpaired) electrons. The summed E-state index contributed by atoms with van der Waals surface area (Å²) in [6.07, 6.45) is 2.49. The summed E-state index contributed by atoms with van der Waals surface area (Å²) in [6, 6.07) is 6.35. The summed E-state index contributed by atoms with van der Waals surface area (Å²) in [4.78, 5) is 19.4. The molecule has 0 aromatic heterocycles. The van der Waals surface area contributed by atoms with Gasteiger partial charge in [0, 0.05) is 24.4 Å². The lowest BCUT2D eigenvalue weighted by Crippen LogP contribution is -2.38. The van der Waals surface area contributed by atoms with Crippen LogP contribution in [0.3, 0.4) is 0 Å². The quantitative estimate of drug-likeness (QED) is 0.836. The van der Waals surface area contributed by atoms with Crippen LogP contribution >= 0.6 is 0 Å². The first kappa shape index (κ1) is 14.0. The Bertz CT molecular complexity index is 569. The maximum Gasteiger partial charge on any atom is 0.225 e.